The zero-order valence-electron chi connectivity index (χ0n) is 17.6. The van der Waals surface area contributed by atoms with Crippen molar-refractivity contribution in [2.75, 3.05) is 11.1 Å². The van der Waals surface area contributed by atoms with E-state index in [2.05, 4.69) is 20.3 Å². The van der Waals surface area contributed by atoms with Crippen LogP contribution in [-0.2, 0) is 0 Å². The molecule has 7 nitrogen and oxygen atoms in total. The largest absolute Gasteiger partial charge is 0.393 e. The van der Waals surface area contributed by atoms with Crippen LogP contribution in [0.25, 0.3) is 27.7 Å². The second-order valence-electron chi connectivity index (χ2n) is 8.39. The Labute approximate surface area is 188 Å². The minimum Gasteiger partial charge on any atom is -0.393 e. The minimum atomic E-state index is -0.462. The molecule has 1 fully saturated rings. The van der Waals surface area contributed by atoms with Gasteiger partial charge in [-0.2, -0.15) is 0 Å². The number of para-hydroxylation sites is 1. The van der Waals surface area contributed by atoms with Gasteiger partial charge < -0.3 is 16.2 Å². The predicted molar refractivity (Wildman–Crippen MR) is 126 cm³/mol. The number of halogens is 1. The van der Waals surface area contributed by atoms with Gasteiger partial charge in [0.2, 0.25) is 0 Å². The topological polar surface area (TPSA) is 101 Å². The standard InChI is InChI=1S/C25H21FN6O/c26-22-18(8-6-14-7-9-21(31-23(14)22)29-16-4-2-1-3-5-16)19-13-32-20(24(27)30-19)12-28-25(32)15-10-17(33)11-15/h1-9,12-13,15,17,33H,10-11H2,(H2,27,30)(H,29,31). The molecule has 1 aliphatic carbocycles. The fourth-order valence-corrected chi connectivity index (χ4v) is 4.36. The van der Waals surface area contributed by atoms with Crippen LogP contribution >= 0.6 is 0 Å². The second-order valence-corrected chi connectivity index (χ2v) is 8.39. The molecule has 0 bridgehead atoms. The number of fused-ring (bicyclic) bond motifs is 2. The second kappa shape index (κ2) is 7.53. The molecule has 6 rings (SSSR count). The predicted octanol–water partition coefficient (Wildman–Crippen LogP) is 4.65. The highest BCUT2D eigenvalue weighted by Gasteiger charge is 2.32. The van der Waals surface area contributed by atoms with Gasteiger partial charge in [-0.05, 0) is 43.2 Å². The lowest BCUT2D eigenvalue weighted by Crippen LogP contribution is -2.28. The number of aliphatic hydroxyl groups excluding tert-OH is 1. The number of aromatic nitrogens is 4. The Morgan fingerprint density at radius 2 is 1.82 bits per heavy atom. The van der Waals surface area contributed by atoms with Crippen molar-refractivity contribution in [2.45, 2.75) is 24.9 Å². The van der Waals surface area contributed by atoms with Gasteiger partial charge in [-0.3, -0.25) is 4.40 Å². The van der Waals surface area contributed by atoms with Crippen LogP contribution in [0.4, 0.5) is 21.7 Å². The van der Waals surface area contributed by atoms with Crippen LogP contribution in [0.5, 0.6) is 0 Å². The van der Waals surface area contributed by atoms with Gasteiger partial charge in [0.05, 0.1) is 18.0 Å². The van der Waals surface area contributed by atoms with Crippen molar-refractivity contribution in [1.82, 2.24) is 19.4 Å². The van der Waals surface area contributed by atoms with Crippen LogP contribution in [0.15, 0.2) is 67.0 Å². The molecule has 164 valence electrons. The molecule has 3 aromatic heterocycles. The average Bonchev–Trinajstić information content (AvgIpc) is 3.22. The number of anilines is 3. The molecule has 0 unspecified atom stereocenters. The first kappa shape index (κ1) is 19.6. The molecule has 0 spiro atoms. The van der Waals surface area contributed by atoms with Crippen molar-refractivity contribution in [3.05, 3.63) is 78.6 Å². The van der Waals surface area contributed by atoms with E-state index >= 15 is 4.39 Å². The summed E-state index contributed by atoms with van der Waals surface area (Å²) in [6.45, 7) is 0. The molecular weight excluding hydrogens is 419 g/mol. The molecule has 1 saturated carbocycles. The summed E-state index contributed by atoms with van der Waals surface area (Å²) in [7, 11) is 0. The number of imidazole rings is 1. The zero-order chi connectivity index (χ0) is 22.5. The number of aliphatic hydroxyl groups is 1. The Bertz CT molecular complexity index is 1490. The summed E-state index contributed by atoms with van der Waals surface area (Å²) in [4.78, 5) is 13.4. The monoisotopic (exact) mass is 440 g/mol. The highest BCUT2D eigenvalue weighted by atomic mass is 19.1. The lowest BCUT2D eigenvalue weighted by Gasteiger charge is -2.30. The number of benzene rings is 2. The molecular formula is C25H21FN6O. The Morgan fingerprint density at radius 1 is 1.03 bits per heavy atom. The van der Waals surface area contributed by atoms with E-state index in [-0.39, 0.29) is 23.4 Å². The van der Waals surface area contributed by atoms with Crippen LogP contribution in [0.3, 0.4) is 0 Å². The third-order valence-electron chi connectivity index (χ3n) is 6.18. The Hall–Kier alpha value is -4.04. The Kier molecular flexibility index (Phi) is 4.48. The maximum Gasteiger partial charge on any atom is 0.158 e. The molecule has 1 aliphatic rings. The number of nitrogen functional groups attached to an aromatic ring is 1. The van der Waals surface area contributed by atoms with Gasteiger partial charge in [-0.15, -0.1) is 0 Å². The van der Waals surface area contributed by atoms with Gasteiger partial charge >= 0.3 is 0 Å². The fourth-order valence-electron chi connectivity index (χ4n) is 4.36. The lowest BCUT2D eigenvalue weighted by molar-refractivity contribution is 0.0715. The fraction of sp³-hybridized carbons (Fsp3) is 0.160. The van der Waals surface area contributed by atoms with Gasteiger partial charge in [-0.25, -0.2) is 19.3 Å². The number of hydrogen-bond donors (Lipinski definition) is 3. The number of pyridine rings is 1. The van der Waals surface area contributed by atoms with Crippen molar-refractivity contribution in [1.29, 1.82) is 0 Å². The molecule has 8 heteroatoms. The number of nitrogens with zero attached hydrogens (tertiary/aromatic N) is 4. The van der Waals surface area contributed by atoms with Crippen LogP contribution in [0.1, 0.15) is 24.6 Å². The van der Waals surface area contributed by atoms with Crippen molar-refractivity contribution < 1.29 is 9.50 Å². The first-order valence-corrected chi connectivity index (χ1v) is 10.8. The SMILES string of the molecule is Nc1nc(-c2ccc3ccc(Nc4ccccc4)nc3c2F)cn2c(C3CC(O)C3)ncc12. The van der Waals surface area contributed by atoms with Crippen molar-refractivity contribution in [2.24, 2.45) is 0 Å². The molecule has 0 radical (unpaired) electrons. The summed E-state index contributed by atoms with van der Waals surface area (Å²) < 4.78 is 17.5. The van der Waals surface area contributed by atoms with Gasteiger partial charge in [-0.1, -0.05) is 24.3 Å². The van der Waals surface area contributed by atoms with E-state index in [1.54, 1.807) is 18.5 Å². The summed E-state index contributed by atoms with van der Waals surface area (Å²) in [5, 5.41) is 13.6. The van der Waals surface area contributed by atoms with Gasteiger partial charge in [0, 0.05) is 28.8 Å². The number of nitrogens with one attached hydrogen (secondary N) is 1. The zero-order valence-corrected chi connectivity index (χ0v) is 17.6. The smallest absolute Gasteiger partial charge is 0.158 e. The third kappa shape index (κ3) is 3.35. The molecule has 33 heavy (non-hydrogen) atoms. The molecule has 0 amide bonds. The van der Waals surface area contributed by atoms with E-state index in [1.165, 1.54) is 0 Å². The molecule has 5 aromatic rings. The van der Waals surface area contributed by atoms with Gasteiger partial charge in [0.15, 0.2) is 5.82 Å². The molecule has 0 atom stereocenters. The van der Waals surface area contributed by atoms with Gasteiger partial charge in [0.1, 0.15) is 28.5 Å². The number of nitrogens with two attached hydrogens (primary N) is 1. The molecule has 0 aliphatic heterocycles. The molecule has 0 saturated heterocycles. The Balaban J connectivity index is 1.44. The van der Waals surface area contributed by atoms with Crippen LogP contribution < -0.4 is 11.1 Å². The first-order chi connectivity index (χ1) is 16.1. The highest BCUT2D eigenvalue weighted by molar-refractivity contribution is 5.86. The van der Waals surface area contributed by atoms with E-state index < -0.39 is 5.82 Å². The van der Waals surface area contributed by atoms with Crippen LogP contribution in [0.2, 0.25) is 0 Å². The lowest BCUT2D eigenvalue weighted by atomic mass is 9.82. The number of rotatable bonds is 4. The van der Waals surface area contributed by atoms with Crippen LogP contribution in [-0.4, -0.2) is 30.6 Å². The minimum absolute atomic E-state index is 0.145. The quantitative estimate of drug-likeness (QED) is 0.376. The first-order valence-electron chi connectivity index (χ1n) is 10.8. The van der Waals surface area contributed by atoms with E-state index in [9.17, 15) is 5.11 Å². The van der Waals surface area contributed by atoms with E-state index in [1.807, 2.05) is 52.9 Å². The molecule has 4 N–H and O–H groups in total. The number of hydrogen-bond acceptors (Lipinski definition) is 6. The van der Waals surface area contributed by atoms with Crippen LogP contribution in [0, 0.1) is 5.82 Å². The maximum absolute atomic E-state index is 15.7. The molecule has 2 aromatic carbocycles. The van der Waals surface area contributed by atoms with E-state index in [0.29, 0.717) is 40.8 Å². The third-order valence-corrected chi connectivity index (χ3v) is 6.18. The summed E-state index contributed by atoms with van der Waals surface area (Å²) in [6.07, 6.45) is 4.44. The Morgan fingerprint density at radius 3 is 2.61 bits per heavy atom. The maximum atomic E-state index is 15.7. The van der Waals surface area contributed by atoms with Crippen molar-refractivity contribution >= 4 is 33.7 Å². The highest BCUT2D eigenvalue weighted by Crippen LogP contribution is 2.37. The summed E-state index contributed by atoms with van der Waals surface area (Å²) in [5.74, 6) is 1.31. The average molecular weight is 440 g/mol. The molecule has 3 heterocycles. The van der Waals surface area contributed by atoms with E-state index in [4.69, 9.17) is 5.73 Å². The van der Waals surface area contributed by atoms with Crippen molar-refractivity contribution in [3.8, 4) is 11.3 Å². The van der Waals surface area contributed by atoms with Gasteiger partial charge in [0.25, 0.3) is 0 Å². The van der Waals surface area contributed by atoms with E-state index in [0.717, 1.165) is 11.5 Å². The van der Waals surface area contributed by atoms with Crippen molar-refractivity contribution in [3.63, 3.8) is 0 Å². The summed E-state index contributed by atoms with van der Waals surface area (Å²) >= 11 is 0. The summed E-state index contributed by atoms with van der Waals surface area (Å²) in [5.41, 5.74) is 8.71. The summed E-state index contributed by atoms with van der Waals surface area (Å²) in [6, 6.07) is 16.8. The normalized spacial score (nSPS) is 17.9.